The molecule has 0 fully saturated rings. The molecule has 0 aliphatic heterocycles. The van der Waals surface area contributed by atoms with Crippen LogP contribution in [0.1, 0.15) is 11.1 Å². The van der Waals surface area contributed by atoms with E-state index in [0.717, 1.165) is 11.3 Å². The minimum atomic E-state index is 1.01. The van der Waals surface area contributed by atoms with Crippen LogP contribution >= 0.6 is 0 Å². The van der Waals surface area contributed by atoms with E-state index in [2.05, 4.69) is 60.4 Å². The zero-order valence-electron chi connectivity index (χ0n) is 10.9. The summed E-state index contributed by atoms with van der Waals surface area (Å²) in [6.45, 7) is 2.09. The fraction of sp³-hybridized carbons (Fsp3) is 0.0556. The topological polar surface area (TPSA) is 12.4 Å². The molecule has 3 aromatic carbocycles. The van der Waals surface area contributed by atoms with Gasteiger partial charge in [0.2, 0.25) is 0 Å². The van der Waals surface area contributed by atoms with E-state index < -0.39 is 0 Å². The molecule has 0 spiro atoms. The fourth-order valence-corrected chi connectivity index (χ4v) is 2.12. The summed E-state index contributed by atoms with van der Waals surface area (Å²) in [6.07, 6.45) is 1.92. The van der Waals surface area contributed by atoms with Crippen molar-refractivity contribution in [2.24, 2.45) is 4.99 Å². The lowest BCUT2D eigenvalue weighted by atomic mass is 10.1. The van der Waals surface area contributed by atoms with Crippen molar-refractivity contribution in [3.63, 3.8) is 0 Å². The molecule has 0 amide bonds. The van der Waals surface area contributed by atoms with Crippen LogP contribution in [-0.4, -0.2) is 6.21 Å². The molecule has 0 bridgehead atoms. The van der Waals surface area contributed by atoms with Crippen molar-refractivity contribution >= 4 is 22.7 Å². The smallest absolute Gasteiger partial charge is 0.0708 e. The predicted octanol–water partition coefficient (Wildman–Crippen LogP) is 4.90. The summed E-state index contributed by atoms with van der Waals surface area (Å²) in [5.74, 6) is 0. The van der Waals surface area contributed by atoms with Crippen molar-refractivity contribution in [3.8, 4) is 0 Å². The molecule has 3 rings (SSSR count). The Bertz CT molecular complexity index is 719. The van der Waals surface area contributed by atoms with Gasteiger partial charge in [-0.1, -0.05) is 66.2 Å². The van der Waals surface area contributed by atoms with Gasteiger partial charge in [-0.2, -0.15) is 0 Å². The molecule has 0 radical (unpaired) electrons. The molecule has 0 saturated carbocycles. The lowest BCUT2D eigenvalue weighted by Crippen LogP contribution is -1.81. The van der Waals surface area contributed by atoms with Crippen LogP contribution in [0.15, 0.2) is 71.7 Å². The van der Waals surface area contributed by atoms with Gasteiger partial charge in [-0.3, -0.25) is 4.99 Å². The van der Waals surface area contributed by atoms with Gasteiger partial charge in [0.1, 0.15) is 0 Å². The number of benzene rings is 3. The maximum Gasteiger partial charge on any atom is 0.0708 e. The second kappa shape index (κ2) is 5.07. The molecular formula is C18H15N. The lowest BCUT2D eigenvalue weighted by molar-refractivity contribution is 1.46. The highest BCUT2D eigenvalue weighted by Gasteiger charge is 1.97. The minimum Gasteiger partial charge on any atom is -0.256 e. The lowest BCUT2D eigenvalue weighted by Gasteiger charge is -2.01. The number of hydrogen-bond donors (Lipinski definition) is 0. The van der Waals surface area contributed by atoms with E-state index in [1.165, 1.54) is 16.3 Å². The summed E-state index contributed by atoms with van der Waals surface area (Å²) in [5.41, 5.74) is 3.40. The number of aliphatic imine (C=N–C) groups is 1. The van der Waals surface area contributed by atoms with Gasteiger partial charge in [0, 0.05) is 11.6 Å². The zero-order valence-corrected chi connectivity index (χ0v) is 10.9. The summed E-state index contributed by atoms with van der Waals surface area (Å²) in [5, 5.41) is 2.41. The highest BCUT2D eigenvalue weighted by Crippen LogP contribution is 2.25. The molecule has 0 saturated heterocycles. The van der Waals surface area contributed by atoms with E-state index in [-0.39, 0.29) is 0 Å². The molecule has 19 heavy (non-hydrogen) atoms. The first-order valence-electron chi connectivity index (χ1n) is 6.41. The van der Waals surface area contributed by atoms with Crippen LogP contribution in [0.3, 0.4) is 0 Å². The highest BCUT2D eigenvalue weighted by molar-refractivity contribution is 5.95. The largest absolute Gasteiger partial charge is 0.256 e. The molecule has 0 aliphatic carbocycles. The van der Waals surface area contributed by atoms with Crippen LogP contribution in [0.25, 0.3) is 10.8 Å². The standard InChI is InChI=1S/C18H15N/c1-14-9-11-15(12-10-14)13-19-18-8-4-6-16-5-2-3-7-17(16)18/h2-13H,1H3. The molecule has 92 valence electrons. The van der Waals surface area contributed by atoms with Gasteiger partial charge in [-0.05, 0) is 23.9 Å². The average molecular weight is 245 g/mol. The van der Waals surface area contributed by atoms with Crippen LogP contribution in [0.5, 0.6) is 0 Å². The SMILES string of the molecule is Cc1ccc(C=Nc2cccc3ccccc23)cc1. The Balaban J connectivity index is 1.99. The molecule has 0 aromatic heterocycles. The first-order chi connectivity index (χ1) is 9.33. The predicted molar refractivity (Wildman–Crippen MR) is 82.4 cm³/mol. The van der Waals surface area contributed by atoms with E-state index >= 15 is 0 Å². The Hall–Kier alpha value is -2.41. The van der Waals surface area contributed by atoms with Crippen molar-refractivity contribution in [3.05, 3.63) is 77.9 Å². The maximum absolute atomic E-state index is 4.61. The van der Waals surface area contributed by atoms with Crippen LogP contribution in [-0.2, 0) is 0 Å². The Morgan fingerprint density at radius 1 is 0.789 bits per heavy atom. The van der Waals surface area contributed by atoms with E-state index in [4.69, 9.17) is 0 Å². The van der Waals surface area contributed by atoms with E-state index in [1.54, 1.807) is 0 Å². The van der Waals surface area contributed by atoms with Crippen LogP contribution in [0.2, 0.25) is 0 Å². The third kappa shape index (κ3) is 2.55. The number of hydrogen-bond acceptors (Lipinski definition) is 1. The van der Waals surface area contributed by atoms with Gasteiger partial charge in [-0.15, -0.1) is 0 Å². The molecule has 0 unspecified atom stereocenters. The minimum absolute atomic E-state index is 1.01. The molecule has 0 atom stereocenters. The van der Waals surface area contributed by atoms with E-state index in [9.17, 15) is 0 Å². The van der Waals surface area contributed by atoms with Crippen LogP contribution in [0, 0.1) is 6.92 Å². The fourth-order valence-electron chi connectivity index (χ4n) is 2.12. The third-order valence-electron chi connectivity index (χ3n) is 3.20. The molecular weight excluding hydrogens is 230 g/mol. The molecule has 3 aromatic rings. The van der Waals surface area contributed by atoms with Gasteiger partial charge >= 0.3 is 0 Å². The van der Waals surface area contributed by atoms with Gasteiger partial charge < -0.3 is 0 Å². The third-order valence-corrected chi connectivity index (χ3v) is 3.20. The van der Waals surface area contributed by atoms with Crippen molar-refractivity contribution in [1.29, 1.82) is 0 Å². The van der Waals surface area contributed by atoms with Crippen molar-refractivity contribution < 1.29 is 0 Å². The van der Waals surface area contributed by atoms with Gasteiger partial charge in [0.05, 0.1) is 5.69 Å². The summed E-state index contributed by atoms with van der Waals surface area (Å²) in [6, 6.07) is 22.9. The first-order valence-corrected chi connectivity index (χ1v) is 6.41. The van der Waals surface area contributed by atoms with Crippen molar-refractivity contribution in [2.45, 2.75) is 6.92 Å². The van der Waals surface area contributed by atoms with E-state index in [0.29, 0.717) is 0 Å². The normalized spacial score (nSPS) is 11.2. The first kappa shape index (κ1) is 11.7. The molecule has 1 heteroatoms. The Morgan fingerprint density at radius 2 is 1.53 bits per heavy atom. The van der Waals surface area contributed by atoms with E-state index in [1.807, 2.05) is 24.4 Å². The Labute approximate surface area is 113 Å². The summed E-state index contributed by atoms with van der Waals surface area (Å²) < 4.78 is 0. The van der Waals surface area contributed by atoms with Crippen LogP contribution < -0.4 is 0 Å². The number of nitrogens with zero attached hydrogens (tertiary/aromatic N) is 1. The summed E-state index contributed by atoms with van der Waals surface area (Å²) in [4.78, 5) is 4.61. The second-order valence-electron chi connectivity index (χ2n) is 4.67. The monoisotopic (exact) mass is 245 g/mol. The van der Waals surface area contributed by atoms with Gasteiger partial charge in [-0.25, -0.2) is 0 Å². The molecule has 1 nitrogen and oxygen atoms in total. The highest BCUT2D eigenvalue weighted by atomic mass is 14.7. The van der Waals surface area contributed by atoms with Crippen molar-refractivity contribution in [2.75, 3.05) is 0 Å². The number of fused-ring (bicyclic) bond motifs is 1. The van der Waals surface area contributed by atoms with Gasteiger partial charge in [0.25, 0.3) is 0 Å². The molecule has 0 aliphatic rings. The molecule has 0 N–H and O–H groups in total. The maximum atomic E-state index is 4.61. The second-order valence-corrected chi connectivity index (χ2v) is 4.67. The summed E-state index contributed by atoms with van der Waals surface area (Å²) >= 11 is 0. The number of aryl methyl sites for hydroxylation is 1. The molecule has 0 heterocycles. The summed E-state index contributed by atoms with van der Waals surface area (Å²) in [7, 11) is 0. The Kier molecular flexibility index (Phi) is 3.11. The van der Waals surface area contributed by atoms with Crippen LogP contribution in [0.4, 0.5) is 5.69 Å². The Morgan fingerprint density at radius 3 is 2.37 bits per heavy atom. The van der Waals surface area contributed by atoms with Gasteiger partial charge in [0.15, 0.2) is 0 Å². The van der Waals surface area contributed by atoms with Crippen molar-refractivity contribution in [1.82, 2.24) is 0 Å². The average Bonchev–Trinajstić information content (AvgIpc) is 2.47. The number of rotatable bonds is 2. The zero-order chi connectivity index (χ0) is 13.1. The quantitative estimate of drug-likeness (QED) is 0.569.